The van der Waals surface area contributed by atoms with Crippen LogP contribution in [-0.2, 0) is 11.9 Å². The van der Waals surface area contributed by atoms with Crippen LogP contribution in [0.25, 0.3) is 22.3 Å². The summed E-state index contributed by atoms with van der Waals surface area (Å²) in [5.41, 5.74) is 2.94. The van der Waals surface area contributed by atoms with Gasteiger partial charge >= 0.3 is 6.09 Å². The summed E-state index contributed by atoms with van der Waals surface area (Å²) in [6.45, 7) is 3.26. The van der Waals surface area contributed by atoms with E-state index < -0.39 is 6.09 Å². The highest BCUT2D eigenvalue weighted by Crippen LogP contribution is 2.30. The van der Waals surface area contributed by atoms with E-state index in [9.17, 15) is 4.79 Å². The van der Waals surface area contributed by atoms with Gasteiger partial charge in [-0.1, -0.05) is 17.3 Å². The zero-order valence-corrected chi connectivity index (χ0v) is 15.6. The summed E-state index contributed by atoms with van der Waals surface area (Å²) in [7, 11) is 3.47. The number of fused-ring (bicyclic) bond motifs is 1. The van der Waals surface area contributed by atoms with Crippen LogP contribution in [0.2, 0.25) is 0 Å². The van der Waals surface area contributed by atoms with Crippen molar-refractivity contribution in [1.29, 1.82) is 0 Å². The minimum Gasteiger partial charge on any atom is -0.351 e. The van der Waals surface area contributed by atoms with Gasteiger partial charge in [-0.05, 0) is 25.8 Å². The van der Waals surface area contributed by atoms with Crippen LogP contribution in [0.1, 0.15) is 30.3 Å². The van der Waals surface area contributed by atoms with Crippen LogP contribution in [0.3, 0.4) is 0 Å². The molecule has 1 fully saturated rings. The number of hydrogen-bond donors (Lipinski definition) is 1. The Morgan fingerprint density at radius 2 is 2.11 bits per heavy atom. The minimum atomic E-state index is -0.450. The van der Waals surface area contributed by atoms with Crippen molar-refractivity contribution in [3.63, 3.8) is 0 Å². The van der Waals surface area contributed by atoms with Gasteiger partial charge in [0.05, 0.1) is 11.2 Å². The lowest BCUT2D eigenvalue weighted by Gasteiger charge is -2.28. The van der Waals surface area contributed by atoms with Crippen molar-refractivity contribution < 1.29 is 14.2 Å². The lowest BCUT2D eigenvalue weighted by molar-refractivity contribution is -0.114. The Bertz CT molecular complexity index is 971. The third kappa shape index (κ3) is 3.37. The Morgan fingerprint density at radius 3 is 2.85 bits per heavy atom. The molecule has 142 valence electrons. The first-order valence-electron chi connectivity index (χ1n) is 8.97. The topological polar surface area (TPSA) is 98.3 Å². The summed E-state index contributed by atoms with van der Waals surface area (Å²) in [5.74, 6) is 1.37. The van der Waals surface area contributed by atoms with Gasteiger partial charge in [-0.15, -0.1) is 5.06 Å². The normalized spacial score (nSPS) is 16.0. The van der Waals surface area contributed by atoms with Crippen molar-refractivity contribution in [2.45, 2.75) is 25.7 Å². The molecule has 0 radical (unpaired) electrons. The number of hydrogen-bond acceptors (Lipinski definition) is 7. The second-order valence-corrected chi connectivity index (χ2v) is 6.73. The second-order valence-electron chi connectivity index (χ2n) is 6.73. The quantitative estimate of drug-likeness (QED) is 0.756. The van der Waals surface area contributed by atoms with Crippen molar-refractivity contribution in [1.82, 2.24) is 30.3 Å². The fourth-order valence-corrected chi connectivity index (χ4v) is 3.45. The van der Waals surface area contributed by atoms with Gasteiger partial charge in [0.25, 0.3) is 0 Å². The molecule has 9 nitrogen and oxygen atoms in total. The van der Waals surface area contributed by atoms with E-state index in [4.69, 9.17) is 9.36 Å². The number of amides is 1. The maximum atomic E-state index is 11.3. The molecule has 3 heterocycles. The van der Waals surface area contributed by atoms with Crippen LogP contribution in [0.4, 0.5) is 4.79 Å². The maximum absolute atomic E-state index is 11.3. The molecule has 0 atom stereocenters. The van der Waals surface area contributed by atoms with E-state index in [1.165, 1.54) is 0 Å². The van der Waals surface area contributed by atoms with Crippen molar-refractivity contribution in [3.05, 3.63) is 29.8 Å². The molecule has 1 amide bonds. The fraction of sp³-hybridized carbons (Fsp3) is 0.444. The molecular formula is C18H22N6O3. The zero-order valence-electron chi connectivity index (χ0n) is 15.6. The minimum absolute atomic E-state index is 0.165. The number of piperidine rings is 1. The van der Waals surface area contributed by atoms with E-state index in [1.54, 1.807) is 12.1 Å². The largest absolute Gasteiger partial charge is 0.426 e. The van der Waals surface area contributed by atoms with E-state index in [0.717, 1.165) is 35.0 Å². The molecule has 3 aromatic rings. The molecule has 2 aromatic heterocycles. The van der Waals surface area contributed by atoms with Crippen LogP contribution >= 0.6 is 0 Å². The Morgan fingerprint density at radius 1 is 1.33 bits per heavy atom. The van der Waals surface area contributed by atoms with E-state index in [-0.39, 0.29) is 5.92 Å². The van der Waals surface area contributed by atoms with Crippen LogP contribution in [0, 0.1) is 6.92 Å². The first-order valence-corrected chi connectivity index (χ1v) is 8.97. The first kappa shape index (κ1) is 17.5. The van der Waals surface area contributed by atoms with Gasteiger partial charge in [-0.2, -0.15) is 10.1 Å². The summed E-state index contributed by atoms with van der Waals surface area (Å²) in [5, 5.41) is 13.8. The van der Waals surface area contributed by atoms with Crippen LogP contribution in [-0.4, -0.2) is 51.2 Å². The summed E-state index contributed by atoms with van der Waals surface area (Å²) in [6, 6.07) is 6.06. The molecule has 1 N–H and O–H groups in total. The van der Waals surface area contributed by atoms with Crippen molar-refractivity contribution in [2.75, 3.05) is 20.1 Å². The van der Waals surface area contributed by atoms with Crippen LogP contribution in [0.15, 0.2) is 22.7 Å². The van der Waals surface area contributed by atoms with Crippen LogP contribution in [0.5, 0.6) is 0 Å². The Balaban J connectivity index is 1.48. The Kier molecular flexibility index (Phi) is 4.53. The molecule has 1 aromatic carbocycles. The molecule has 9 heteroatoms. The molecule has 0 unspecified atom stereocenters. The van der Waals surface area contributed by atoms with Gasteiger partial charge in [0.1, 0.15) is 0 Å². The van der Waals surface area contributed by atoms with Gasteiger partial charge < -0.3 is 14.7 Å². The highest BCUT2D eigenvalue weighted by atomic mass is 16.7. The number of carbonyl (C=O) groups excluding carboxylic acids is 1. The summed E-state index contributed by atoms with van der Waals surface area (Å²) in [6.07, 6.45) is 1.13. The molecule has 1 aliphatic rings. The van der Waals surface area contributed by atoms with Gasteiger partial charge in [-0.3, -0.25) is 4.68 Å². The van der Waals surface area contributed by atoms with Gasteiger partial charge in [-0.25, -0.2) is 4.79 Å². The maximum Gasteiger partial charge on any atom is 0.426 e. The molecule has 0 spiro atoms. The Hall–Kier alpha value is -2.94. The Labute approximate surface area is 156 Å². The molecule has 1 aliphatic heterocycles. The van der Waals surface area contributed by atoms with Crippen LogP contribution < -0.4 is 5.32 Å². The first-order chi connectivity index (χ1) is 13.0. The summed E-state index contributed by atoms with van der Waals surface area (Å²) < 4.78 is 7.38. The smallest absolute Gasteiger partial charge is 0.351 e. The number of aryl methyl sites for hydroxylation is 2. The van der Waals surface area contributed by atoms with E-state index in [1.807, 2.05) is 36.9 Å². The average Bonchev–Trinajstić information content (AvgIpc) is 3.27. The van der Waals surface area contributed by atoms with E-state index >= 15 is 0 Å². The lowest BCUT2D eigenvalue weighted by Crippen LogP contribution is -2.37. The number of hydroxylamine groups is 2. The monoisotopic (exact) mass is 370 g/mol. The zero-order chi connectivity index (χ0) is 19.0. The summed E-state index contributed by atoms with van der Waals surface area (Å²) in [4.78, 5) is 21.1. The number of nitrogens with one attached hydrogen (secondary N) is 1. The molecule has 4 rings (SSSR count). The second kappa shape index (κ2) is 6.99. The van der Waals surface area contributed by atoms with E-state index in [0.29, 0.717) is 24.8 Å². The number of nitrogens with zero attached hydrogens (tertiary/aromatic N) is 5. The number of aromatic nitrogens is 4. The van der Waals surface area contributed by atoms with E-state index in [2.05, 4.69) is 20.6 Å². The fourth-order valence-electron chi connectivity index (χ4n) is 3.45. The highest BCUT2D eigenvalue weighted by molar-refractivity contribution is 5.85. The highest BCUT2D eigenvalue weighted by Gasteiger charge is 2.27. The lowest BCUT2D eigenvalue weighted by atomic mass is 9.98. The number of carbonyl (C=O) groups is 1. The van der Waals surface area contributed by atoms with Gasteiger partial charge in [0, 0.05) is 44.1 Å². The average molecular weight is 370 g/mol. The molecule has 1 saturated heterocycles. The predicted octanol–water partition coefficient (Wildman–Crippen LogP) is 2.38. The number of benzene rings is 1. The molecule has 0 aliphatic carbocycles. The standard InChI is InChI=1S/C18H22N6O3/c1-11-14-5-4-13(10-15(14)23(3)21-11)16-20-17(26-22-16)12-6-8-24(9-7-12)27-18(25)19-2/h4-5,10,12H,6-9H2,1-3H3,(H,19,25). The molecule has 0 bridgehead atoms. The molecule has 27 heavy (non-hydrogen) atoms. The molecule has 0 saturated carbocycles. The third-order valence-electron chi connectivity index (χ3n) is 4.96. The number of rotatable bonds is 3. The van der Waals surface area contributed by atoms with Crippen molar-refractivity contribution in [3.8, 4) is 11.4 Å². The van der Waals surface area contributed by atoms with Gasteiger partial charge in [0.2, 0.25) is 11.7 Å². The van der Waals surface area contributed by atoms with Crippen molar-refractivity contribution >= 4 is 17.0 Å². The predicted molar refractivity (Wildman–Crippen MR) is 97.8 cm³/mol. The van der Waals surface area contributed by atoms with Gasteiger partial charge in [0.15, 0.2) is 0 Å². The SMILES string of the molecule is CNC(=O)ON1CCC(c2nc(-c3ccc4c(C)nn(C)c4c3)no2)CC1. The third-order valence-corrected chi connectivity index (χ3v) is 4.96. The van der Waals surface area contributed by atoms with Crippen molar-refractivity contribution in [2.24, 2.45) is 7.05 Å². The molecular weight excluding hydrogens is 348 g/mol. The summed E-state index contributed by atoms with van der Waals surface area (Å²) >= 11 is 0.